The van der Waals surface area contributed by atoms with Crippen LogP contribution in [0.4, 0.5) is 0 Å². The van der Waals surface area contributed by atoms with Crippen molar-refractivity contribution < 1.29 is 4.42 Å². The Hall–Kier alpha value is -7.43. The summed E-state index contributed by atoms with van der Waals surface area (Å²) in [6, 6.07) is 70.4. The molecule has 56 heavy (non-hydrogen) atoms. The third-order valence-corrected chi connectivity index (χ3v) is 11.2. The Morgan fingerprint density at radius 3 is 1.50 bits per heavy atom. The average molecular weight is 716 g/mol. The summed E-state index contributed by atoms with van der Waals surface area (Å²) < 4.78 is 6.92. The van der Waals surface area contributed by atoms with Crippen LogP contribution in [0.25, 0.3) is 78.4 Å². The second kappa shape index (κ2) is 12.9. The van der Waals surface area contributed by atoms with Gasteiger partial charge >= 0.3 is 0 Å². The predicted molar refractivity (Wildman–Crippen MR) is 226 cm³/mol. The largest absolute Gasteiger partial charge is 0.455 e. The molecule has 0 radical (unpaired) electrons. The van der Waals surface area contributed by atoms with Gasteiger partial charge < -0.3 is 4.42 Å². The first kappa shape index (κ1) is 32.0. The molecule has 10 aromatic rings. The van der Waals surface area contributed by atoms with Gasteiger partial charge in [-0.2, -0.15) is 0 Å². The molecule has 1 aliphatic rings. The van der Waals surface area contributed by atoms with Crippen molar-refractivity contribution in [3.63, 3.8) is 0 Å². The predicted octanol–water partition coefficient (Wildman–Crippen LogP) is 12.8. The molecular weight excluding hydrogens is 683 g/mol. The second-order valence-electron chi connectivity index (χ2n) is 14.3. The van der Waals surface area contributed by atoms with Gasteiger partial charge in [0.2, 0.25) is 0 Å². The van der Waals surface area contributed by atoms with Crippen molar-refractivity contribution >= 4 is 21.9 Å². The zero-order valence-electron chi connectivity index (χ0n) is 30.3. The van der Waals surface area contributed by atoms with Gasteiger partial charge in [0.15, 0.2) is 17.5 Å². The minimum Gasteiger partial charge on any atom is -0.455 e. The molecule has 0 spiro atoms. The van der Waals surface area contributed by atoms with Gasteiger partial charge in [0.05, 0.1) is 5.41 Å². The number of aromatic nitrogens is 3. The first-order chi connectivity index (χ1) is 27.8. The van der Waals surface area contributed by atoms with Crippen molar-refractivity contribution in [2.45, 2.75) is 5.41 Å². The zero-order valence-corrected chi connectivity index (χ0v) is 30.3. The van der Waals surface area contributed by atoms with E-state index in [0.29, 0.717) is 17.5 Å². The maximum Gasteiger partial charge on any atom is 0.164 e. The lowest BCUT2D eigenvalue weighted by atomic mass is 9.67. The van der Waals surface area contributed by atoms with Crippen LogP contribution in [-0.4, -0.2) is 15.0 Å². The third-order valence-electron chi connectivity index (χ3n) is 11.2. The number of hydrogen-bond donors (Lipinski definition) is 0. The molecule has 0 aliphatic heterocycles. The van der Waals surface area contributed by atoms with Crippen LogP contribution in [0.15, 0.2) is 205 Å². The Bertz CT molecular complexity index is 2970. The number of nitrogens with zero attached hydrogens (tertiary/aromatic N) is 3. The van der Waals surface area contributed by atoms with Crippen molar-refractivity contribution in [1.82, 2.24) is 15.0 Å². The van der Waals surface area contributed by atoms with Crippen LogP contribution in [0.5, 0.6) is 0 Å². The first-order valence-corrected chi connectivity index (χ1v) is 18.9. The molecule has 0 unspecified atom stereocenters. The number of rotatable bonds is 6. The first-order valence-electron chi connectivity index (χ1n) is 18.9. The molecule has 0 N–H and O–H groups in total. The molecule has 0 atom stereocenters. The average Bonchev–Trinajstić information content (AvgIpc) is 3.80. The van der Waals surface area contributed by atoms with Gasteiger partial charge in [-0.1, -0.05) is 182 Å². The summed E-state index contributed by atoms with van der Waals surface area (Å²) in [5.41, 5.74) is 13.3. The maximum atomic E-state index is 6.92. The van der Waals surface area contributed by atoms with Gasteiger partial charge in [-0.15, -0.1) is 0 Å². The summed E-state index contributed by atoms with van der Waals surface area (Å²) in [7, 11) is 0. The molecule has 2 heterocycles. The highest BCUT2D eigenvalue weighted by Crippen LogP contribution is 2.60. The van der Waals surface area contributed by atoms with Crippen LogP contribution in [0.3, 0.4) is 0 Å². The summed E-state index contributed by atoms with van der Waals surface area (Å²) in [4.78, 5) is 15.1. The van der Waals surface area contributed by atoms with Gasteiger partial charge in [0.1, 0.15) is 11.2 Å². The molecule has 2 aromatic heterocycles. The van der Waals surface area contributed by atoms with Crippen LogP contribution < -0.4 is 0 Å². The topological polar surface area (TPSA) is 51.8 Å². The Morgan fingerprint density at radius 2 is 0.857 bits per heavy atom. The van der Waals surface area contributed by atoms with Crippen molar-refractivity contribution in [1.29, 1.82) is 0 Å². The van der Waals surface area contributed by atoms with Crippen LogP contribution >= 0.6 is 0 Å². The SMILES string of the molecule is c1ccc(-c2nc(-c3ccccc3)nc(-c3cccc(-c4c5c(cc6c4oc4ccccc46)C(c4ccccc4)(c4ccccc4)c4ccccc4-5)c3)n2)cc1. The van der Waals surface area contributed by atoms with E-state index in [0.717, 1.165) is 49.8 Å². The third kappa shape index (κ3) is 4.89. The number of benzene rings is 8. The molecule has 4 heteroatoms. The Morgan fingerprint density at radius 1 is 0.357 bits per heavy atom. The minimum atomic E-state index is -0.573. The molecule has 11 rings (SSSR count). The van der Waals surface area contributed by atoms with Crippen LogP contribution in [-0.2, 0) is 5.41 Å². The van der Waals surface area contributed by atoms with E-state index in [1.807, 2.05) is 66.7 Å². The minimum absolute atomic E-state index is 0.573. The van der Waals surface area contributed by atoms with E-state index in [1.54, 1.807) is 0 Å². The highest BCUT2D eigenvalue weighted by Gasteiger charge is 2.47. The quantitative estimate of drug-likeness (QED) is 0.172. The van der Waals surface area contributed by atoms with E-state index >= 15 is 0 Å². The lowest BCUT2D eigenvalue weighted by Crippen LogP contribution is -2.28. The van der Waals surface area contributed by atoms with E-state index < -0.39 is 5.41 Å². The number of fused-ring (bicyclic) bond motifs is 6. The smallest absolute Gasteiger partial charge is 0.164 e. The highest BCUT2D eigenvalue weighted by molar-refractivity contribution is 6.15. The van der Waals surface area contributed by atoms with Gasteiger partial charge in [0.25, 0.3) is 0 Å². The summed E-state index contributed by atoms with van der Waals surface area (Å²) in [6.45, 7) is 0. The Balaban J connectivity index is 1.23. The Labute approximate surface area is 324 Å². The van der Waals surface area contributed by atoms with Crippen molar-refractivity contribution in [3.8, 4) is 56.4 Å². The number of hydrogen-bond acceptors (Lipinski definition) is 4. The fourth-order valence-corrected chi connectivity index (χ4v) is 8.80. The molecule has 4 nitrogen and oxygen atoms in total. The fraction of sp³-hybridized carbons (Fsp3) is 0.0192. The van der Waals surface area contributed by atoms with E-state index in [2.05, 4.69) is 133 Å². The lowest BCUT2D eigenvalue weighted by Gasteiger charge is -2.34. The Kier molecular flexibility index (Phi) is 7.36. The molecule has 8 aromatic carbocycles. The van der Waals surface area contributed by atoms with Gasteiger partial charge in [0, 0.05) is 33.0 Å². The van der Waals surface area contributed by atoms with Crippen LogP contribution in [0.2, 0.25) is 0 Å². The standard InChI is InChI=1S/C52H33N3O/c1-5-18-34(19-6-1)49-53-50(35-20-7-2-8-21-35)55-51(54-49)37-23-17-22-36(32-37)46-47-41-29-13-15-30-43(41)52(38-24-9-3-10-25-38,39-26-11-4-12-27-39)44(47)33-42-40-28-14-16-31-45(40)56-48(42)46/h1-33H. The highest BCUT2D eigenvalue weighted by atomic mass is 16.3. The molecule has 262 valence electrons. The molecular formula is C52H33N3O. The molecule has 0 saturated carbocycles. The zero-order chi connectivity index (χ0) is 37.1. The number of furan rings is 1. The van der Waals surface area contributed by atoms with Crippen molar-refractivity contribution in [2.75, 3.05) is 0 Å². The van der Waals surface area contributed by atoms with E-state index in [9.17, 15) is 0 Å². The van der Waals surface area contributed by atoms with Gasteiger partial charge in [-0.05, 0) is 57.1 Å². The van der Waals surface area contributed by atoms with Gasteiger partial charge in [-0.3, -0.25) is 0 Å². The molecule has 0 fully saturated rings. The monoisotopic (exact) mass is 715 g/mol. The molecule has 0 saturated heterocycles. The summed E-state index contributed by atoms with van der Waals surface area (Å²) in [5, 5.41) is 2.17. The fourth-order valence-electron chi connectivity index (χ4n) is 8.80. The van der Waals surface area contributed by atoms with Crippen LogP contribution in [0, 0.1) is 0 Å². The molecule has 0 amide bonds. The molecule has 1 aliphatic carbocycles. The van der Waals surface area contributed by atoms with Crippen molar-refractivity contribution in [2.24, 2.45) is 0 Å². The normalized spacial score (nSPS) is 12.8. The second-order valence-corrected chi connectivity index (χ2v) is 14.3. The van der Waals surface area contributed by atoms with E-state index in [4.69, 9.17) is 19.4 Å². The number of para-hydroxylation sites is 1. The van der Waals surface area contributed by atoms with Gasteiger partial charge in [-0.25, -0.2) is 15.0 Å². The maximum absolute atomic E-state index is 6.92. The summed E-state index contributed by atoms with van der Waals surface area (Å²) in [6.07, 6.45) is 0. The molecule has 0 bridgehead atoms. The summed E-state index contributed by atoms with van der Waals surface area (Å²) >= 11 is 0. The lowest BCUT2D eigenvalue weighted by molar-refractivity contribution is 0.670. The summed E-state index contributed by atoms with van der Waals surface area (Å²) in [5.74, 6) is 1.87. The van der Waals surface area contributed by atoms with E-state index in [-0.39, 0.29) is 0 Å². The van der Waals surface area contributed by atoms with E-state index in [1.165, 1.54) is 33.4 Å². The van der Waals surface area contributed by atoms with Crippen molar-refractivity contribution in [3.05, 3.63) is 222 Å². The van der Waals surface area contributed by atoms with Crippen LogP contribution in [0.1, 0.15) is 22.3 Å².